The zero-order valence-electron chi connectivity index (χ0n) is 45.8. The Morgan fingerprint density at radius 3 is 1.86 bits per heavy atom. The Bertz CT molecular complexity index is 3150. The highest BCUT2D eigenvalue weighted by Crippen LogP contribution is 2.49. The molecule has 0 aliphatic heterocycles. The van der Waals surface area contributed by atoms with E-state index in [2.05, 4.69) is 33.8 Å². The van der Waals surface area contributed by atoms with Crippen LogP contribution in [-0.2, 0) is 57.8 Å². The minimum Gasteiger partial charge on any atom is -0.500 e. The molecule has 3 aliphatic carbocycles. The second-order valence-corrected chi connectivity index (χ2v) is 20.9. The lowest BCUT2D eigenvalue weighted by Gasteiger charge is -2.35. The predicted octanol–water partition coefficient (Wildman–Crippen LogP) is 8.85. The third-order valence-electron chi connectivity index (χ3n) is 15.8. The van der Waals surface area contributed by atoms with Crippen molar-refractivity contribution in [2.24, 2.45) is 5.92 Å². The lowest BCUT2D eigenvalue weighted by Crippen LogP contribution is -2.43. The van der Waals surface area contributed by atoms with Gasteiger partial charge in [-0.25, -0.2) is 18.4 Å². The fourth-order valence-electron chi connectivity index (χ4n) is 12.2. The van der Waals surface area contributed by atoms with E-state index in [0.717, 1.165) is 62.3 Å². The van der Waals surface area contributed by atoms with Gasteiger partial charge >= 0.3 is 11.9 Å². The van der Waals surface area contributed by atoms with E-state index >= 15 is 4.39 Å². The number of nitrogens with one attached hydrogen (secondary N) is 2. The van der Waals surface area contributed by atoms with Gasteiger partial charge in [0.25, 0.3) is 11.8 Å². The van der Waals surface area contributed by atoms with Crippen LogP contribution in [0, 0.1) is 31.4 Å². The summed E-state index contributed by atoms with van der Waals surface area (Å²) >= 11 is 0. The van der Waals surface area contributed by atoms with Gasteiger partial charge in [0.05, 0.1) is 44.5 Å². The number of fused-ring (bicyclic) bond motifs is 2. The molecule has 5 aromatic rings. The van der Waals surface area contributed by atoms with Crippen LogP contribution in [0.4, 0.5) is 8.78 Å². The summed E-state index contributed by atoms with van der Waals surface area (Å²) in [5, 5.41) is 26.0. The highest BCUT2D eigenvalue weighted by molar-refractivity contribution is 5.99. The summed E-state index contributed by atoms with van der Waals surface area (Å²) in [4.78, 5) is 56.9. The van der Waals surface area contributed by atoms with E-state index in [-0.39, 0.29) is 47.8 Å². The monoisotopic (exact) mass is 1070 g/mol. The van der Waals surface area contributed by atoms with Crippen molar-refractivity contribution in [3.05, 3.63) is 186 Å². The normalized spacial score (nSPS) is 18.4. The van der Waals surface area contributed by atoms with E-state index in [1.165, 1.54) is 18.2 Å². The zero-order valence-corrected chi connectivity index (χ0v) is 45.8. The number of carboxylic acid groups (broad SMARTS) is 2. The molecule has 3 aliphatic rings. The molecule has 5 aromatic carbocycles. The second kappa shape index (κ2) is 24.5. The molecule has 0 radical (unpaired) electrons. The molecule has 6 atom stereocenters. The standard InChI is InChI=1S/C62H70F2N4O10/c1-34-13-10-18-47(63)53(34)59(69)65-49(61(71)72)29-36-14-11-17-44-41(36)23-25-46(44)56-52(76-7)28-21-40(58(56)78-9)33-68(5)32-38-19-26-48(64)54(35(38)2)60(70)66-50(62(73)74)30-37-15-12-16-43-42(37)22-24-45(43)55-51(75-6)27-20-39(31-67(3)4)57(55)77-8/h10-21,26-28,45-46,49-51,55H,22-25,29-33H2,1-9H3,(H,65,69)(H,66,70)(H,71,72)(H,73,74)/t45-,46+,49+,50+,51?,55?/m1/s1. The van der Waals surface area contributed by atoms with Crippen LogP contribution < -0.4 is 20.1 Å². The number of carbonyl (C=O) groups excluding carboxylic acids is 2. The summed E-state index contributed by atoms with van der Waals surface area (Å²) < 4.78 is 54.7. The van der Waals surface area contributed by atoms with Crippen LogP contribution in [0.1, 0.15) is 107 Å². The summed E-state index contributed by atoms with van der Waals surface area (Å²) in [5.74, 6) is -3.78. The van der Waals surface area contributed by atoms with Gasteiger partial charge in [0.2, 0.25) is 0 Å². The average Bonchev–Trinajstić information content (AvgIpc) is 4.09. The number of halogens is 2. The number of rotatable bonds is 22. The van der Waals surface area contributed by atoms with E-state index in [0.29, 0.717) is 67.1 Å². The minimum absolute atomic E-state index is 0.000474. The van der Waals surface area contributed by atoms with Gasteiger partial charge in [-0.3, -0.25) is 14.5 Å². The molecule has 2 amide bonds. The summed E-state index contributed by atoms with van der Waals surface area (Å²) in [7, 11) is 12.5. The van der Waals surface area contributed by atoms with Crippen molar-refractivity contribution in [3.63, 3.8) is 0 Å². The van der Waals surface area contributed by atoms with Gasteiger partial charge < -0.3 is 44.7 Å². The van der Waals surface area contributed by atoms with E-state index in [9.17, 15) is 33.8 Å². The molecule has 2 unspecified atom stereocenters. The molecule has 0 saturated heterocycles. The van der Waals surface area contributed by atoms with Gasteiger partial charge in [-0.05, 0) is 135 Å². The molecule has 4 N–H and O–H groups in total. The van der Waals surface area contributed by atoms with Crippen molar-refractivity contribution in [2.45, 2.75) is 95.5 Å². The van der Waals surface area contributed by atoms with Crippen molar-refractivity contribution in [3.8, 4) is 11.5 Å². The van der Waals surface area contributed by atoms with E-state index in [1.54, 1.807) is 54.4 Å². The highest BCUT2D eigenvalue weighted by Gasteiger charge is 2.41. The lowest BCUT2D eigenvalue weighted by molar-refractivity contribution is -0.140. The molecule has 14 nitrogen and oxygen atoms in total. The van der Waals surface area contributed by atoms with E-state index < -0.39 is 47.5 Å². The summed E-state index contributed by atoms with van der Waals surface area (Å²) in [5.41, 5.74) is 9.34. The summed E-state index contributed by atoms with van der Waals surface area (Å²) in [6.45, 7) is 4.61. The van der Waals surface area contributed by atoms with Crippen LogP contribution in [0.3, 0.4) is 0 Å². The van der Waals surface area contributed by atoms with Crippen molar-refractivity contribution >= 4 is 23.8 Å². The first-order valence-electron chi connectivity index (χ1n) is 26.3. The Kier molecular flexibility index (Phi) is 17.8. The zero-order chi connectivity index (χ0) is 56.1. The van der Waals surface area contributed by atoms with Gasteiger partial charge in [-0.1, -0.05) is 72.8 Å². The minimum atomic E-state index is -1.35. The Hall–Kier alpha value is -7.40. The molecule has 0 aromatic heterocycles. The van der Waals surface area contributed by atoms with Crippen molar-refractivity contribution in [1.82, 2.24) is 20.4 Å². The van der Waals surface area contributed by atoms with Gasteiger partial charge in [-0.2, -0.15) is 0 Å². The van der Waals surface area contributed by atoms with Crippen LogP contribution >= 0.6 is 0 Å². The van der Waals surface area contributed by atoms with Crippen molar-refractivity contribution < 1.29 is 57.1 Å². The smallest absolute Gasteiger partial charge is 0.326 e. The molecule has 0 saturated carbocycles. The highest BCUT2D eigenvalue weighted by atomic mass is 19.1. The largest absolute Gasteiger partial charge is 0.500 e. The van der Waals surface area contributed by atoms with Crippen LogP contribution in [0.2, 0.25) is 0 Å². The van der Waals surface area contributed by atoms with Crippen molar-refractivity contribution in [1.29, 1.82) is 0 Å². The van der Waals surface area contributed by atoms with Crippen molar-refractivity contribution in [2.75, 3.05) is 56.1 Å². The fourth-order valence-corrected chi connectivity index (χ4v) is 12.2. The first-order valence-corrected chi connectivity index (χ1v) is 26.3. The molecule has 0 fully saturated rings. The Morgan fingerprint density at radius 2 is 1.26 bits per heavy atom. The number of methoxy groups -OCH3 is 4. The molecule has 8 rings (SSSR count). The van der Waals surface area contributed by atoms with Crippen LogP contribution in [0.25, 0.3) is 0 Å². The SMILES string of the molecule is COC1=C(CN(C)C)C=CC(OC)C1[C@@H]1CCc2c(C[C@H](NC(=O)c3c(F)ccc(CN(C)Cc4ccc(OC)c([C@H]5CCc6c(C[C@H](NC(=O)c7c(C)cccc7F)C(=O)O)cccc65)c4OC)c3C)C(=O)O)cccc21. The second-order valence-electron chi connectivity index (χ2n) is 20.9. The molecule has 0 bridgehead atoms. The average molecular weight is 1070 g/mol. The summed E-state index contributed by atoms with van der Waals surface area (Å²) in [6.07, 6.45) is 6.68. The van der Waals surface area contributed by atoms with Crippen LogP contribution in [0.15, 0.2) is 102 Å². The number of amides is 2. The van der Waals surface area contributed by atoms with Crippen LogP contribution in [0.5, 0.6) is 11.5 Å². The Labute approximate surface area is 455 Å². The molecular formula is C62H70F2N4O10. The van der Waals surface area contributed by atoms with Crippen LogP contribution in [-0.4, -0.2) is 118 Å². The maximum absolute atomic E-state index is 15.9. The predicted molar refractivity (Wildman–Crippen MR) is 292 cm³/mol. The van der Waals surface area contributed by atoms with E-state index in [1.807, 2.05) is 68.5 Å². The maximum atomic E-state index is 15.9. The van der Waals surface area contributed by atoms with E-state index in [4.69, 9.17) is 18.9 Å². The molecule has 0 spiro atoms. The molecule has 412 valence electrons. The number of hydrogen-bond donors (Lipinski definition) is 4. The quantitative estimate of drug-likeness (QED) is 0.0519. The topological polar surface area (TPSA) is 176 Å². The third kappa shape index (κ3) is 11.7. The molecular weight excluding hydrogens is 999 g/mol. The van der Waals surface area contributed by atoms with Gasteiger partial charge in [0.15, 0.2) is 0 Å². The number of likely N-dealkylation sites (N-methyl/N-ethyl adjacent to an activating group) is 1. The Balaban J connectivity index is 0.982. The van der Waals surface area contributed by atoms with Gasteiger partial charge in [-0.15, -0.1) is 0 Å². The molecule has 16 heteroatoms. The number of aryl methyl sites for hydroxylation is 1. The number of carboxylic acids is 2. The first kappa shape index (κ1) is 56.8. The first-order chi connectivity index (χ1) is 37.4. The number of hydrogen-bond acceptors (Lipinski definition) is 10. The lowest BCUT2D eigenvalue weighted by atomic mass is 9.77. The third-order valence-corrected chi connectivity index (χ3v) is 15.8. The Morgan fingerprint density at radius 1 is 0.667 bits per heavy atom. The molecule has 78 heavy (non-hydrogen) atoms. The number of aliphatic carboxylic acids is 2. The number of ether oxygens (including phenoxy) is 4. The van der Waals surface area contributed by atoms with Gasteiger partial charge in [0, 0.05) is 62.2 Å². The van der Waals surface area contributed by atoms with Gasteiger partial charge in [0.1, 0.15) is 41.0 Å². The number of nitrogens with zero attached hydrogens (tertiary/aromatic N) is 2. The summed E-state index contributed by atoms with van der Waals surface area (Å²) in [6, 6.07) is 19.9. The fraction of sp³-hybridized carbons (Fsp3) is 0.387. The number of benzene rings is 5. The number of carbonyl (C=O) groups is 4. The molecule has 0 heterocycles. The maximum Gasteiger partial charge on any atom is 0.326 e.